The highest BCUT2D eigenvalue weighted by molar-refractivity contribution is 5.85. The zero-order chi connectivity index (χ0) is 14.5. The van der Waals surface area contributed by atoms with Gasteiger partial charge in [0, 0.05) is 45.3 Å². The number of halogens is 2. The number of hydrogen-bond acceptors (Lipinski definition) is 4. The van der Waals surface area contributed by atoms with Gasteiger partial charge in [0.1, 0.15) is 6.61 Å². The number of para-hydroxylation sites is 1. The summed E-state index contributed by atoms with van der Waals surface area (Å²) in [6.45, 7) is 8.13. The van der Waals surface area contributed by atoms with Gasteiger partial charge in [-0.05, 0) is 25.1 Å². The van der Waals surface area contributed by atoms with Crippen LogP contribution in [0.5, 0.6) is 5.75 Å². The first-order chi connectivity index (χ1) is 10.3. The summed E-state index contributed by atoms with van der Waals surface area (Å²) in [6.07, 6.45) is 1.27. The Morgan fingerprint density at radius 3 is 2.64 bits per heavy atom. The third-order valence-electron chi connectivity index (χ3n) is 4.46. The van der Waals surface area contributed by atoms with Crippen LogP contribution in [0.2, 0.25) is 0 Å². The topological polar surface area (TPSA) is 27.7 Å². The van der Waals surface area contributed by atoms with Crippen molar-refractivity contribution in [3.63, 3.8) is 0 Å². The monoisotopic (exact) mass is 329 g/mol. The summed E-state index contributed by atoms with van der Waals surface area (Å²) < 4.78 is 19.0. The van der Waals surface area contributed by atoms with Crippen LogP contribution >= 0.6 is 12.4 Å². The average Bonchev–Trinajstić information content (AvgIpc) is 3.04. The molecule has 2 aliphatic rings. The summed E-state index contributed by atoms with van der Waals surface area (Å²) in [7, 11) is 0. The van der Waals surface area contributed by atoms with E-state index in [1.54, 1.807) is 18.2 Å². The lowest BCUT2D eigenvalue weighted by Crippen LogP contribution is -2.51. The smallest absolute Gasteiger partial charge is 0.165 e. The molecule has 4 nitrogen and oxygen atoms in total. The zero-order valence-electron chi connectivity index (χ0n) is 12.8. The molecule has 0 aromatic heterocycles. The maximum Gasteiger partial charge on any atom is 0.165 e. The van der Waals surface area contributed by atoms with Crippen LogP contribution in [0.4, 0.5) is 4.39 Å². The van der Waals surface area contributed by atoms with Crippen LogP contribution in [0.1, 0.15) is 6.42 Å². The first-order valence-electron chi connectivity index (χ1n) is 7.87. The summed E-state index contributed by atoms with van der Waals surface area (Å²) in [5.41, 5.74) is 0. The van der Waals surface area contributed by atoms with Gasteiger partial charge in [-0.3, -0.25) is 9.80 Å². The van der Waals surface area contributed by atoms with Gasteiger partial charge in [0.25, 0.3) is 0 Å². The molecule has 1 aromatic rings. The highest BCUT2D eigenvalue weighted by Gasteiger charge is 2.25. The van der Waals surface area contributed by atoms with Crippen LogP contribution in [0.15, 0.2) is 24.3 Å². The van der Waals surface area contributed by atoms with Gasteiger partial charge >= 0.3 is 0 Å². The Morgan fingerprint density at radius 1 is 1.18 bits per heavy atom. The fourth-order valence-corrected chi connectivity index (χ4v) is 3.15. The molecule has 0 aliphatic carbocycles. The van der Waals surface area contributed by atoms with Gasteiger partial charge in [0.15, 0.2) is 11.6 Å². The Hall–Kier alpha value is -0.880. The van der Waals surface area contributed by atoms with E-state index in [-0.39, 0.29) is 18.2 Å². The van der Waals surface area contributed by atoms with Gasteiger partial charge in [0.05, 0.1) is 0 Å². The van der Waals surface area contributed by atoms with E-state index in [2.05, 4.69) is 15.1 Å². The highest BCUT2D eigenvalue weighted by atomic mass is 35.5. The normalized spacial score (nSPS) is 23.2. The van der Waals surface area contributed by atoms with Crippen molar-refractivity contribution in [2.75, 3.05) is 52.4 Å². The summed E-state index contributed by atoms with van der Waals surface area (Å²) in [5, 5.41) is 3.43. The highest BCUT2D eigenvalue weighted by Crippen LogP contribution is 2.15. The Morgan fingerprint density at radius 2 is 1.95 bits per heavy atom. The second kappa shape index (κ2) is 8.67. The van der Waals surface area contributed by atoms with Gasteiger partial charge in [-0.2, -0.15) is 0 Å². The summed E-state index contributed by atoms with van der Waals surface area (Å²) in [6, 6.07) is 7.32. The van der Waals surface area contributed by atoms with E-state index in [1.165, 1.54) is 12.5 Å². The van der Waals surface area contributed by atoms with Gasteiger partial charge in [-0.15, -0.1) is 12.4 Å². The Bertz CT molecular complexity index is 449. The van der Waals surface area contributed by atoms with Crippen molar-refractivity contribution in [1.82, 2.24) is 15.1 Å². The van der Waals surface area contributed by atoms with Crippen LogP contribution in [-0.2, 0) is 0 Å². The van der Waals surface area contributed by atoms with Crippen molar-refractivity contribution >= 4 is 12.4 Å². The number of hydrogen-bond donors (Lipinski definition) is 1. The van der Waals surface area contributed by atoms with Crippen molar-refractivity contribution in [2.45, 2.75) is 12.5 Å². The minimum Gasteiger partial charge on any atom is -0.489 e. The fraction of sp³-hybridized carbons (Fsp3) is 0.625. The lowest BCUT2D eigenvalue weighted by atomic mass is 10.2. The molecule has 3 rings (SSSR count). The minimum atomic E-state index is -0.281. The molecule has 124 valence electrons. The number of rotatable bonds is 5. The van der Waals surface area contributed by atoms with E-state index in [0.717, 1.165) is 51.9 Å². The lowest BCUT2D eigenvalue weighted by Gasteiger charge is -2.37. The molecular weight excluding hydrogens is 305 g/mol. The van der Waals surface area contributed by atoms with Crippen LogP contribution in [-0.4, -0.2) is 68.3 Å². The standard InChI is InChI=1S/C16H24FN3O.ClH/c17-15-3-1-2-4-16(15)21-12-11-19-7-9-20(10-8-19)14-5-6-18-13-14;/h1-4,14,18H,5-13H2;1H. The third kappa shape index (κ3) is 4.56. The van der Waals surface area contributed by atoms with Crippen LogP contribution in [0.25, 0.3) is 0 Å². The van der Waals surface area contributed by atoms with E-state index < -0.39 is 0 Å². The van der Waals surface area contributed by atoms with Crippen molar-refractivity contribution in [2.24, 2.45) is 0 Å². The van der Waals surface area contributed by atoms with Crippen molar-refractivity contribution in [3.05, 3.63) is 30.1 Å². The van der Waals surface area contributed by atoms with E-state index in [9.17, 15) is 4.39 Å². The van der Waals surface area contributed by atoms with Crippen LogP contribution < -0.4 is 10.1 Å². The molecule has 2 aliphatic heterocycles. The average molecular weight is 330 g/mol. The molecule has 0 radical (unpaired) electrons. The third-order valence-corrected chi connectivity index (χ3v) is 4.46. The number of nitrogens with one attached hydrogen (secondary N) is 1. The number of benzene rings is 1. The molecule has 1 aromatic carbocycles. The van der Waals surface area contributed by atoms with Gasteiger partial charge in [0.2, 0.25) is 0 Å². The number of piperazine rings is 1. The fourth-order valence-electron chi connectivity index (χ4n) is 3.15. The molecule has 2 heterocycles. The first-order valence-corrected chi connectivity index (χ1v) is 7.87. The Balaban J connectivity index is 0.00000176. The molecule has 0 saturated carbocycles. The molecule has 0 spiro atoms. The maximum absolute atomic E-state index is 13.4. The number of ether oxygens (including phenoxy) is 1. The minimum absolute atomic E-state index is 0. The molecule has 1 unspecified atom stereocenters. The Kier molecular flexibility index (Phi) is 6.89. The van der Waals surface area contributed by atoms with Crippen LogP contribution in [0.3, 0.4) is 0 Å². The van der Waals surface area contributed by atoms with E-state index >= 15 is 0 Å². The largest absolute Gasteiger partial charge is 0.489 e. The van der Waals surface area contributed by atoms with E-state index in [1.807, 2.05) is 0 Å². The van der Waals surface area contributed by atoms with E-state index in [0.29, 0.717) is 12.4 Å². The van der Waals surface area contributed by atoms with Gasteiger partial charge in [-0.25, -0.2) is 4.39 Å². The molecular formula is C16H25ClFN3O. The quantitative estimate of drug-likeness (QED) is 0.888. The predicted octanol–water partition coefficient (Wildman–Crippen LogP) is 1.61. The molecule has 1 N–H and O–H groups in total. The SMILES string of the molecule is Cl.Fc1ccccc1OCCN1CCN(C2CCNC2)CC1. The van der Waals surface area contributed by atoms with E-state index in [4.69, 9.17) is 4.74 Å². The maximum atomic E-state index is 13.4. The molecule has 0 amide bonds. The zero-order valence-corrected chi connectivity index (χ0v) is 13.7. The van der Waals surface area contributed by atoms with Gasteiger partial charge < -0.3 is 10.1 Å². The van der Waals surface area contributed by atoms with Crippen molar-refractivity contribution in [1.29, 1.82) is 0 Å². The van der Waals surface area contributed by atoms with Crippen LogP contribution in [0, 0.1) is 5.82 Å². The molecule has 0 bridgehead atoms. The lowest BCUT2D eigenvalue weighted by molar-refractivity contribution is 0.0915. The molecule has 2 fully saturated rings. The molecule has 1 atom stereocenters. The Labute approximate surface area is 138 Å². The summed E-state index contributed by atoms with van der Waals surface area (Å²) >= 11 is 0. The summed E-state index contributed by atoms with van der Waals surface area (Å²) in [4.78, 5) is 4.99. The van der Waals surface area contributed by atoms with Crippen molar-refractivity contribution < 1.29 is 9.13 Å². The molecule has 22 heavy (non-hydrogen) atoms. The number of nitrogens with zero attached hydrogens (tertiary/aromatic N) is 2. The molecule has 2 saturated heterocycles. The second-order valence-corrected chi connectivity index (χ2v) is 5.80. The van der Waals surface area contributed by atoms with Crippen molar-refractivity contribution in [3.8, 4) is 5.75 Å². The first kappa shape index (κ1) is 17.5. The predicted molar refractivity (Wildman–Crippen MR) is 88.4 cm³/mol. The second-order valence-electron chi connectivity index (χ2n) is 5.80. The van der Waals surface area contributed by atoms with Gasteiger partial charge in [-0.1, -0.05) is 12.1 Å². The summed E-state index contributed by atoms with van der Waals surface area (Å²) in [5.74, 6) is 0.0734. The molecule has 6 heteroatoms.